The number of hydrogen-bond donors (Lipinski definition) is 4. The average molecular weight is 327 g/mol. The predicted octanol–water partition coefficient (Wildman–Crippen LogP) is 0.720. The van der Waals surface area contributed by atoms with Gasteiger partial charge in [0.1, 0.15) is 0 Å². The number of aliphatic hydroxyl groups is 2. The van der Waals surface area contributed by atoms with E-state index >= 15 is 0 Å². The Morgan fingerprint density at radius 3 is 2.45 bits per heavy atom. The van der Waals surface area contributed by atoms with E-state index in [1.54, 1.807) is 0 Å². The topological polar surface area (TPSA) is 81.6 Å². The fourth-order valence-corrected chi connectivity index (χ4v) is 2.54. The summed E-state index contributed by atoms with van der Waals surface area (Å²) in [6, 6.07) is 7.46. The third kappa shape index (κ3) is 3.98. The third-order valence-corrected chi connectivity index (χ3v) is 4.39. The van der Waals surface area contributed by atoms with Crippen LogP contribution in [0.2, 0.25) is 5.02 Å². The van der Waals surface area contributed by atoms with Gasteiger partial charge in [-0.3, -0.25) is 4.79 Å². The van der Waals surface area contributed by atoms with Crippen molar-refractivity contribution in [2.45, 2.75) is 32.0 Å². The normalized spacial score (nSPS) is 18.4. The Balaban J connectivity index is 1.97. The van der Waals surface area contributed by atoms with Crippen LogP contribution in [0.3, 0.4) is 0 Å². The van der Waals surface area contributed by atoms with Crippen molar-refractivity contribution < 1.29 is 15.0 Å². The highest BCUT2D eigenvalue weighted by Crippen LogP contribution is 2.28. The van der Waals surface area contributed by atoms with Gasteiger partial charge in [0.15, 0.2) is 0 Å². The number of amides is 1. The first-order chi connectivity index (χ1) is 10.2. The van der Waals surface area contributed by atoms with Gasteiger partial charge in [0.25, 0.3) is 0 Å². The van der Waals surface area contributed by atoms with Crippen molar-refractivity contribution in [1.29, 1.82) is 0 Å². The van der Waals surface area contributed by atoms with E-state index in [-0.39, 0.29) is 12.5 Å². The van der Waals surface area contributed by atoms with Crippen LogP contribution in [-0.4, -0.2) is 47.5 Å². The molecule has 1 aromatic carbocycles. The van der Waals surface area contributed by atoms with Gasteiger partial charge in [-0.25, -0.2) is 0 Å². The zero-order valence-corrected chi connectivity index (χ0v) is 13.7. The Hall–Kier alpha value is -1.14. The molecule has 1 aromatic rings. The monoisotopic (exact) mass is 326 g/mol. The number of halogens is 1. The van der Waals surface area contributed by atoms with Gasteiger partial charge in [-0.2, -0.15) is 0 Å². The molecule has 0 bridgehead atoms. The number of rotatable bonds is 6. The minimum Gasteiger partial charge on any atom is -0.388 e. The second kappa shape index (κ2) is 6.54. The minimum absolute atomic E-state index is 0.0324. The highest BCUT2D eigenvalue weighted by atomic mass is 35.5. The van der Waals surface area contributed by atoms with E-state index in [4.69, 9.17) is 11.6 Å². The summed E-state index contributed by atoms with van der Waals surface area (Å²) >= 11 is 5.88. The first-order valence-corrected chi connectivity index (χ1v) is 7.75. The van der Waals surface area contributed by atoms with Crippen LogP contribution < -0.4 is 10.6 Å². The molecule has 0 saturated carbocycles. The van der Waals surface area contributed by atoms with Crippen LogP contribution in [0.15, 0.2) is 24.3 Å². The Morgan fingerprint density at radius 2 is 2.00 bits per heavy atom. The summed E-state index contributed by atoms with van der Waals surface area (Å²) in [4.78, 5) is 12.5. The second-order valence-corrected chi connectivity index (χ2v) is 7.00. The molecular formula is C16H23ClN2O3. The number of nitrogens with one attached hydrogen (secondary N) is 2. The van der Waals surface area contributed by atoms with Crippen LogP contribution >= 0.6 is 11.6 Å². The summed E-state index contributed by atoms with van der Waals surface area (Å²) in [5.41, 5.74) is -0.703. The van der Waals surface area contributed by atoms with E-state index in [1.807, 2.05) is 24.3 Å². The van der Waals surface area contributed by atoms with Gasteiger partial charge in [-0.05, 0) is 38.0 Å². The molecule has 0 aromatic heterocycles. The Bertz CT molecular complexity index is 521. The quantitative estimate of drug-likeness (QED) is 0.621. The van der Waals surface area contributed by atoms with Gasteiger partial charge >= 0.3 is 0 Å². The van der Waals surface area contributed by atoms with Crippen LogP contribution in [0.25, 0.3) is 0 Å². The average Bonchev–Trinajstić information content (AvgIpc) is 2.40. The largest absolute Gasteiger partial charge is 0.388 e. The molecule has 1 saturated heterocycles. The molecule has 0 spiro atoms. The number of carbonyl (C=O) groups excluding carboxylic acids is 1. The van der Waals surface area contributed by atoms with Crippen molar-refractivity contribution >= 4 is 17.5 Å². The van der Waals surface area contributed by atoms with Gasteiger partial charge in [0.2, 0.25) is 5.91 Å². The smallest absolute Gasteiger partial charge is 0.229 e. The lowest BCUT2D eigenvalue weighted by atomic mass is 9.75. The molecule has 5 nitrogen and oxygen atoms in total. The lowest BCUT2D eigenvalue weighted by Crippen LogP contribution is -2.63. The predicted molar refractivity (Wildman–Crippen MR) is 85.8 cm³/mol. The fourth-order valence-electron chi connectivity index (χ4n) is 2.41. The number of aliphatic hydroxyl groups excluding tert-OH is 1. The maximum Gasteiger partial charge on any atom is 0.229 e. The van der Waals surface area contributed by atoms with Crippen molar-refractivity contribution in [1.82, 2.24) is 10.6 Å². The first kappa shape index (κ1) is 17.2. The maximum atomic E-state index is 12.5. The molecule has 0 aliphatic carbocycles. The molecule has 4 N–H and O–H groups in total. The Kier molecular flexibility index (Phi) is 5.12. The summed E-state index contributed by atoms with van der Waals surface area (Å²) in [5.74, 6) is -0.107. The maximum absolute atomic E-state index is 12.5. The van der Waals surface area contributed by atoms with E-state index in [2.05, 4.69) is 10.6 Å². The highest BCUT2D eigenvalue weighted by molar-refractivity contribution is 6.30. The Labute approximate surface area is 135 Å². The van der Waals surface area contributed by atoms with Gasteiger partial charge in [0, 0.05) is 24.7 Å². The minimum atomic E-state index is -1.24. The van der Waals surface area contributed by atoms with E-state index < -0.39 is 17.1 Å². The van der Waals surface area contributed by atoms with Crippen molar-refractivity contribution in [2.75, 3.05) is 19.6 Å². The lowest BCUT2D eigenvalue weighted by molar-refractivity contribution is -0.135. The molecule has 6 heteroatoms. The van der Waals surface area contributed by atoms with Crippen LogP contribution in [0.1, 0.15) is 19.4 Å². The number of hydrogen-bond acceptors (Lipinski definition) is 4. The van der Waals surface area contributed by atoms with Crippen molar-refractivity contribution in [3.8, 4) is 0 Å². The fraction of sp³-hybridized carbons (Fsp3) is 0.562. The third-order valence-electron chi connectivity index (χ3n) is 4.14. The zero-order valence-electron chi connectivity index (χ0n) is 12.9. The van der Waals surface area contributed by atoms with E-state index in [1.165, 1.54) is 13.8 Å². The molecule has 2 rings (SSSR count). The zero-order chi connectivity index (χ0) is 16.4. The van der Waals surface area contributed by atoms with Crippen molar-refractivity contribution in [3.63, 3.8) is 0 Å². The lowest BCUT2D eigenvalue weighted by Gasteiger charge is -2.41. The van der Waals surface area contributed by atoms with Crippen molar-refractivity contribution in [3.05, 3.63) is 34.9 Å². The van der Waals surface area contributed by atoms with Gasteiger partial charge in [0.05, 0.1) is 17.1 Å². The van der Waals surface area contributed by atoms with E-state index in [0.29, 0.717) is 24.5 Å². The summed E-state index contributed by atoms with van der Waals surface area (Å²) in [5, 5.41) is 26.1. The summed E-state index contributed by atoms with van der Waals surface area (Å²) in [7, 11) is 0. The first-order valence-electron chi connectivity index (χ1n) is 7.37. The Morgan fingerprint density at radius 1 is 1.41 bits per heavy atom. The second-order valence-electron chi connectivity index (χ2n) is 6.57. The van der Waals surface area contributed by atoms with Crippen LogP contribution in [0, 0.1) is 5.41 Å². The molecule has 1 unspecified atom stereocenters. The van der Waals surface area contributed by atoms with Crippen LogP contribution in [0.5, 0.6) is 0 Å². The van der Waals surface area contributed by atoms with Gasteiger partial charge < -0.3 is 20.8 Å². The molecule has 0 radical (unpaired) electrons. The molecule has 22 heavy (non-hydrogen) atoms. The number of benzene rings is 1. The molecular weight excluding hydrogens is 304 g/mol. The SMILES string of the molecule is CC(C)(O)C(O)CNC(=O)C1(Cc2ccc(Cl)cc2)CNC1. The standard InChI is InChI=1S/C16H23ClN2O3/c1-15(2,22)13(20)8-19-14(21)16(9-18-10-16)7-11-3-5-12(17)6-4-11/h3-6,13,18,20,22H,7-10H2,1-2H3,(H,19,21). The van der Waals surface area contributed by atoms with E-state index in [0.717, 1.165) is 5.56 Å². The molecule has 1 amide bonds. The summed E-state index contributed by atoms with van der Waals surface area (Å²) in [6.07, 6.45) is -0.390. The van der Waals surface area contributed by atoms with E-state index in [9.17, 15) is 15.0 Å². The summed E-state index contributed by atoms with van der Waals surface area (Å²) < 4.78 is 0. The molecule has 1 fully saturated rings. The van der Waals surface area contributed by atoms with Crippen LogP contribution in [0.4, 0.5) is 0 Å². The molecule has 1 aliphatic rings. The van der Waals surface area contributed by atoms with Crippen molar-refractivity contribution in [2.24, 2.45) is 5.41 Å². The molecule has 1 aliphatic heterocycles. The van der Waals surface area contributed by atoms with Gasteiger partial charge in [-0.1, -0.05) is 23.7 Å². The van der Waals surface area contributed by atoms with Crippen LogP contribution in [-0.2, 0) is 11.2 Å². The number of carbonyl (C=O) groups is 1. The molecule has 1 heterocycles. The summed E-state index contributed by atoms with van der Waals surface area (Å²) in [6.45, 7) is 4.25. The highest BCUT2D eigenvalue weighted by Gasteiger charge is 2.44. The molecule has 1 atom stereocenters. The van der Waals surface area contributed by atoms with Gasteiger partial charge in [-0.15, -0.1) is 0 Å². The molecule has 122 valence electrons.